The van der Waals surface area contributed by atoms with Crippen LogP contribution in [0.2, 0.25) is 0 Å². The normalized spacial score (nSPS) is 11.0. The van der Waals surface area contributed by atoms with Crippen molar-refractivity contribution in [1.82, 2.24) is 14.8 Å². The first-order valence-electron chi connectivity index (χ1n) is 8.04. The lowest BCUT2D eigenvalue weighted by Crippen LogP contribution is -2.15. The highest BCUT2D eigenvalue weighted by atomic mass is 32.2. The number of carbonyl (C=O) groups excluding carboxylic acids is 1. The van der Waals surface area contributed by atoms with Gasteiger partial charge >= 0.3 is 0 Å². The summed E-state index contributed by atoms with van der Waals surface area (Å²) >= 11 is 1.30. The van der Waals surface area contributed by atoms with Crippen molar-refractivity contribution in [2.45, 2.75) is 45.5 Å². The number of thioether (sulfide) groups is 1. The number of aryl methyl sites for hydroxylation is 1. The van der Waals surface area contributed by atoms with E-state index in [0.29, 0.717) is 17.7 Å². The van der Waals surface area contributed by atoms with Gasteiger partial charge in [0, 0.05) is 6.54 Å². The van der Waals surface area contributed by atoms with Gasteiger partial charge in [0.25, 0.3) is 0 Å². The number of hydrogen-bond acceptors (Lipinski definition) is 5. The highest BCUT2D eigenvalue weighted by Crippen LogP contribution is 2.20. The van der Waals surface area contributed by atoms with Crippen LogP contribution < -0.4 is 10.5 Å². The molecule has 0 unspecified atom stereocenters. The van der Waals surface area contributed by atoms with Crippen LogP contribution in [-0.4, -0.2) is 26.4 Å². The molecule has 1 heterocycles. The van der Waals surface area contributed by atoms with Gasteiger partial charge in [-0.1, -0.05) is 44.7 Å². The van der Waals surface area contributed by atoms with Crippen LogP contribution in [0.3, 0.4) is 0 Å². The third kappa shape index (κ3) is 5.26. The van der Waals surface area contributed by atoms with Crippen LogP contribution in [0, 0.1) is 5.92 Å². The van der Waals surface area contributed by atoms with E-state index >= 15 is 0 Å². The number of nitrogens with zero attached hydrogens (tertiary/aromatic N) is 3. The van der Waals surface area contributed by atoms with E-state index in [1.54, 1.807) is 0 Å². The summed E-state index contributed by atoms with van der Waals surface area (Å²) in [5.74, 6) is 1.80. The SMILES string of the molecule is CCc1ccc(OCc2nnc(SCC(N)=O)n2CC(C)C)cc1. The maximum atomic E-state index is 11.0. The molecule has 0 spiro atoms. The summed E-state index contributed by atoms with van der Waals surface area (Å²) in [4.78, 5) is 11.0. The van der Waals surface area contributed by atoms with Crippen molar-refractivity contribution in [3.8, 4) is 5.75 Å². The summed E-state index contributed by atoms with van der Waals surface area (Å²) < 4.78 is 7.83. The third-order valence-electron chi connectivity index (χ3n) is 3.38. The molecule has 1 aromatic carbocycles. The minimum Gasteiger partial charge on any atom is -0.486 e. The number of amides is 1. The van der Waals surface area contributed by atoms with E-state index in [1.807, 2.05) is 16.7 Å². The van der Waals surface area contributed by atoms with Gasteiger partial charge < -0.3 is 15.0 Å². The number of rotatable bonds is 9. The Hall–Kier alpha value is -2.02. The minimum absolute atomic E-state index is 0.190. The second-order valence-electron chi connectivity index (χ2n) is 5.94. The second kappa shape index (κ2) is 8.73. The van der Waals surface area contributed by atoms with Crippen LogP contribution in [-0.2, 0) is 24.4 Å². The van der Waals surface area contributed by atoms with Crippen molar-refractivity contribution >= 4 is 17.7 Å². The van der Waals surface area contributed by atoms with Crippen LogP contribution in [0.25, 0.3) is 0 Å². The van der Waals surface area contributed by atoms with E-state index in [-0.39, 0.29) is 11.7 Å². The van der Waals surface area contributed by atoms with Gasteiger partial charge in [-0.25, -0.2) is 0 Å². The number of aromatic nitrogens is 3. The molecular weight excluding hydrogens is 324 g/mol. The molecule has 1 aromatic heterocycles. The lowest BCUT2D eigenvalue weighted by molar-refractivity contribution is -0.115. The first kappa shape index (κ1) is 18.3. The zero-order valence-electron chi connectivity index (χ0n) is 14.4. The highest BCUT2D eigenvalue weighted by molar-refractivity contribution is 7.99. The van der Waals surface area contributed by atoms with Crippen molar-refractivity contribution < 1.29 is 9.53 Å². The van der Waals surface area contributed by atoms with Gasteiger partial charge in [0.05, 0.1) is 5.75 Å². The smallest absolute Gasteiger partial charge is 0.227 e. The Balaban J connectivity index is 2.08. The van der Waals surface area contributed by atoms with Gasteiger partial charge in [0.1, 0.15) is 12.4 Å². The van der Waals surface area contributed by atoms with E-state index in [4.69, 9.17) is 10.5 Å². The number of ether oxygens (including phenoxy) is 1. The molecule has 7 heteroatoms. The Kier molecular flexibility index (Phi) is 6.66. The Morgan fingerprint density at radius 3 is 2.58 bits per heavy atom. The molecule has 0 aliphatic rings. The zero-order valence-corrected chi connectivity index (χ0v) is 15.2. The van der Waals surface area contributed by atoms with E-state index in [0.717, 1.165) is 24.5 Å². The van der Waals surface area contributed by atoms with Crippen molar-refractivity contribution in [2.24, 2.45) is 11.7 Å². The Labute approximate surface area is 146 Å². The molecule has 1 amide bonds. The van der Waals surface area contributed by atoms with Gasteiger partial charge in [-0.15, -0.1) is 10.2 Å². The molecule has 2 N–H and O–H groups in total. The standard InChI is InChI=1S/C17H24N4O2S/c1-4-13-5-7-14(8-6-13)23-10-16-19-20-17(24-11-15(18)22)21(16)9-12(2)3/h5-8,12H,4,9-11H2,1-3H3,(H2,18,22). The molecule has 0 saturated carbocycles. The molecule has 2 aromatic rings. The molecule has 2 rings (SSSR count). The number of nitrogens with two attached hydrogens (primary N) is 1. The van der Waals surface area contributed by atoms with Gasteiger partial charge in [-0.3, -0.25) is 4.79 Å². The van der Waals surface area contributed by atoms with Crippen molar-refractivity contribution in [1.29, 1.82) is 0 Å². The third-order valence-corrected chi connectivity index (χ3v) is 4.37. The molecule has 130 valence electrons. The summed E-state index contributed by atoms with van der Waals surface area (Å²) in [6.07, 6.45) is 1.00. The first-order valence-corrected chi connectivity index (χ1v) is 9.03. The molecule has 0 aliphatic heterocycles. The average Bonchev–Trinajstić information content (AvgIpc) is 2.92. The Morgan fingerprint density at radius 1 is 1.29 bits per heavy atom. The Bertz CT molecular complexity index is 668. The van der Waals surface area contributed by atoms with E-state index in [2.05, 4.69) is 43.1 Å². The van der Waals surface area contributed by atoms with Crippen LogP contribution >= 0.6 is 11.8 Å². The molecule has 0 bridgehead atoms. The van der Waals surface area contributed by atoms with Gasteiger partial charge in [0.15, 0.2) is 11.0 Å². The maximum Gasteiger partial charge on any atom is 0.227 e. The lowest BCUT2D eigenvalue weighted by atomic mass is 10.2. The maximum absolute atomic E-state index is 11.0. The number of benzene rings is 1. The largest absolute Gasteiger partial charge is 0.486 e. The van der Waals surface area contributed by atoms with Crippen LogP contribution in [0.15, 0.2) is 29.4 Å². The number of primary amides is 1. The molecule has 0 radical (unpaired) electrons. The van der Waals surface area contributed by atoms with Crippen molar-refractivity contribution in [3.63, 3.8) is 0 Å². The monoisotopic (exact) mass is 348 g/mol. The molecular formula is C17H24N4O2S. The fourth-order valence-corrected chi connectivity index (χ4v) is 2.89. The minimum atomic E-state index is -0.368. The highest BCUT2D eigenvalue weighted by Gasteiger charge is 2.15. The summed E-state index contributed by atoms with van der Waals surface area (Å²) in [7, 11) is 0. The Morgan fingerprint density at radius 2 is 2.00 bits per heavy atom. The van der Waals surface area contributed by atoms with Crippen LogP contribution in [0.4, 0.5) is 0 Å². The molecule has 24 heavy (non-hydrogen) atoms. The predicted octanol–water partition coefficient (Wildman–Crippen LogP) is 2.65. The fourth-order valence-electron chi connectivity index (χ4n) is 2.19. The summed E-state index contributed by atoms with van der Waals surface area (Å²) in [6.45, 7) is 7.46. The molecule has 0 atom stereocenters. The molecule has 6 nitrogen and oxygen atoms in total. The van der Waals surface area contributed by atoms with Gasteiger partial charge in [-0.05, 0) is 30.0 Å². The van der Waals surface area contributed by atoms with Crippen LogP contribution in [0.5, 0.6) is 5.75 Å². The first-order chi connectivity index (χ1) is 11.5. The average molecular weight is 348 g/mol. The lowest BCUT2D eigenvalue weighted by Gasteiger charge is -2.13. The number of carbonyl (C=O) groups is 1. The van der Waals surface area contributed by atoms with Crippen LogP contribution in [0.1, 0.15) is 32.2 Å². The van der Waals surface area contributed by atoms with Gasteiger partial charge in [-0.2, -0.15) is 0 Å². The predicted molar refractivity (Wildman–Crippen MR) is 94.9 cm³/mol. The van der Waals surface area contributed by atoms with Crippen molar-refractivity contribution in [2.75, 3.05) is 5.75 Å². The summed E-state index contributed by atoms with van der Waals surface area (Å²) in [6, 6.07) is 8.04. The van der Waals surface area contributed by atoms with Gasteiger partial charge in [0.2, 0.25) is 5.91 Å². The molecule has 0 saturated heterocycles. The van der Waals surface area contributed by atoms with E-state index in [1.165, 1.54) is 17.3 Å². The molecule has 0 fully saturated rings. The van der Waals surface area contributed by atoms with E-state index in [9.17, 15) is 4.79 Å². The quantitative estimate of drug-likeness (QED) is 0.704. The fraction of sp³-hybridized carbons (Fsp3) is 0.471. The molecule has 0 aliphatic carbocycles. The number of hydrogen-bond donors (Lipinski definition) is 1. The summed E-state index contributed by atoms with van der Waals surface area (Å²) in [5.41, 5.74) is 6.49. The zero-order chi connectivity index (χ0) is 17.5. The second-order valence-corrected chi connectivity index (χ2v) is 6.89. The summed E-state index contributed by atoms with van der Waals surface area (Å²) in [5, 5.41) is 9.08. The van der Waals surface area contributed by atoms with E-state index < -0.39 is 0 Å². The topological polar surface area (TPSA) is 83.0 Å². The van der Waals surface area contributed by atoms with Crippen molar-refractivity contribution in [3.05, 3.63) is 35.7 Å².